The van der Waals surface area contributed by atoms with E-state index in [1.807, 2.05) is 17.5 Å². The van der Waals surface area contributed by atoms with E-state index in [4.69, 9.17) is 5.11 Å². The predicted molar refractivity (Wildman–Crippen MR) is 62.2 cm³/mol. The Kier molecular flexibility index (Phi) is 4.49. The topological polar surface area (TPSA) is 57.6 Å². The van der Waals surface area contributed by atoms with Crippen LogP contribution in [0.4, 0.5) is 0 Å². The molecule has 5 heteroatoms. The zero-order valence-electron chi connectivity index (χ0n) is 9.34. The third-order valence-electron chi connectivity index (χ3n) is 2.25. The van der Waals surface area contributed by atoms with Crippen molar-refractivity contribution in [3.63, 3.8) is 0 Å². The molecule has 88 valence electrons. The number of carboxylic acids is 1. The largest absolute Gasteiger partial charge is 0.481 e. The average molecular weight is 241 g/mol. The Balaban J connectivity index is 2.50. The summed E-state index contributed by atoms with van der Waals surface area (Å²) in [7, 11) is 1.69. The molecule has 1 amide bonds. The number of carboxylic acid groups (broad SMARTS) is 1. The summed E-state index contributed by atoms with van der Waals surface area (Å²) in [4.78, 5) is 24.9. The molecule has 16 heavy (non-hydrogen) atoms. The SMILES string of the molecule is CC(CC(=O)O)C(=O)N(C)Cc1cccs1. The summed E-state index contributed by atoms with van der Waals surface area (Å²) in [5, 5.41) is 10.6. The smallest absolute Gasteiger partial charge is 0.304 e. The summed E-state index contributed by atoms with van der Waals surface area (Å²) in [6.45, 7) is 2.18. The number of aliphatic carboxylic acids is 1. The average Bonchev–Trinajstić information content (AvgIpc) is 2.68. The minimum Gasteiger partial charge on any atom is -0.481 e. The first-order valence-electron chi connectivity index (χ1n) is 5.00. The van der Waals surface area contributed by atoms with Crippen molar-refractivity contribution in [2.45, 2.75) is 19.9 Å². The first-order valence-corrected chi connectivity index (χ1v) is 5.88. The van der Waals surface area contributed by atoms with Crippen molar-refractivity contribution in [3.05, 3.63) is 22.4 Å². The molecular formula is C11H15NO3S. The third-order valence-corrected chi connectivity index (χ3v) is 3.11. The van der Waals surface area contributed by atoms with Gasteiger partial charge in [0.05, 0.1) is 13.0 Å². The van der Waals surface area contributed by atoms with Crippen LogP contribution in [0.1, 0.15) is 18.2 Å². The highest BCUT2D eigenvalue weighted by atomic mass is 32.1. The van der Waals surface area contributed by atoms with Gasteiger partial charge in [-0.15, -0.1) is 11.3 Å². The lowest BCUT2D eigenvalue weighted by atomic mass is 10.1. The predicted octanol–water partition coefficient (Wildman–Crippen LogP) is 1.82. The molecule has 1 aromatic rings. The standard InChI is InChI=1S/C11H15NO3S/c1-8(6-10(13)14)11(15)12(2)7-9-4-3-5-16-9/h3-5,8H,6-7H2,1-2H3,(H,13,14). The molecule has 0 aliphatic rings. The number of hydrogen-bond donors (Lipinski definition) is 1. The van der Waals surface area contributed by atoms with Crippen molar-refractivity contribution in [1.29, 1.82) is 0 Å². The maximum Gasteiger partial charge on any atom is 0.304 e. The molecule has 0 aromatic carbocycles. The number of rotatable bonds is 5. The lowest BCUT2D eigenvalue weighted by Gasteiger charge is -2.19. The van der Waals surface area contributed by atoms with Gasteiger partial charge in [0.25, 0.3) is 0 Å². The van der Waals surface area contributed by atoms with Gasteiger partial charge in [0.2, 0.25) is 5.91 Å². The maximum atomic E-state index is 11.8. The Morgan fingerprint density at radius 2 is 2.25 bits per heavy atom. The summed E-state index contributed by atoms with van der Waals surface area (Å²) in [5.74, 6) is -1.54. The molecule has 4 nitrogen and oxygen atoms in total. The molecule has 1 rings (SSSR count). The van der Waals surface area contributed by atoms with E-state index in [0.29, 0.717) is 6.54 Å². The molecule has 0 aliphatic carbocycles. The zero-order valence-corrected chi connectivity index (χ0v) is 10.2. The summed E-state index contributed by atoms with van der Waals surface area (Å²) < 4.78 is 0. The van der Waals surface area contributed by atoms with Gasteiger partial charge >= 0.3 is 5.97 Å². The molecule has 0 aliphatic heterocycles. The van der Waals surface area contributed by atoms with E-state index in [1.54, 1.807) is 30.2 Å². The molecule has 1 atom stereocenters. The summed E-state index contributed by atoms with van der Waals surface area (Å²) in [6.07, 6.45) is -0.117. The van der Waals surface area contributed by atoms with Gasteiger partial charge in [0, 0.05) is 17.8 Å². The molecule has 1 aromatic heterocycles. The van der Waals surface area contributed by atoms with Gasteiger partial charge in [0.15, 0.2) is 0 Å². The molecule has 0 saturated carbocycles. The molecule has 0 spiro atoms. The summed E-state index contributed by atoms with van der Waals surface area (Å²) >= 11 is 1.58. The minimum atomic E-state index is -0.939. The number of amides is 1. The van der Waals surface area contributed by atoms with Crippen LogP contribution in [0.15, 0.2) is 17.5 Å². The van der Waals surface area contributed by atoms with E-state index in [2.05, 4.69) is 0 Å². The second kappa shape index (κ2) is 5.65. The van der Waals surface area contributed by atoms with Crippen molar-refractivity contribution in [3.8, 4) is 0 Å². The Bertz CT molecular complexity index is 361. The zero-order chi connectivity index (χ0) is 12.1. The lowest BCUT2D eigenvalue weighted by molar-refractivity contribution is -0.143. The molecule has 1 heterocycles. The highest BCUT2D eigenvalue weighted by molar-refractivity contribution is 7.09. The minimum absolute atomic E-state index is 0.117. The van der Waals surface area contributed by atoms with Crippen LogP contribution in [-0.2, 0) is 16.1 Å². The van der Waals surface area contributed by atoms with Crippen LogP contribution in [0.25, 0.3) is 0 Å². The second-order valence-corrected chi connectivity index (χ2v) is 4.80. The lowest BCUT2D eigenvalue weighted by Crippen LogP contribution is -2.32. The van der Waals surface area contributed by atoms with Crippen LogP contribution in [0.3, 0.4) is 0 Å². The van der Waals surface area contributed by atoms with Gasteiger partial charge in [-0.3, -0.25) is 9.59 Å². The van der Waals surface area contributed by atoms with Gasteiger partial charge < -0.3 is 10.0 Å². The number of carbonyl (C=O) groups excluding carboxylic acids is 1. The highest BCUT2D eigenvalue weighted by Gasteiger charge is 2.20. The van der Waals surface area contributed by atoms with Crippen molar-refractivity contribution in [2.75, 3.05) is 7.05 Å². The summed E-state index contributed by atoms with van der Waals surface area (Å²) in [5.41, 5.74) is 0. The van der Waals surface area contributed by atoms with E-state index in [-0.39, 0.29) is 12.3 Å². The third kappa shape index (κ3) is 3.66. The van der Waals surface area contributed by atoms with E-state index >= 15 is 0 Å². The quantitative estimate of drug-likeness (QED) is 0.855. The van der Waals surface area contributed by atoms with Crippen molar-refractivity contribution >= 4 is 23.2 Å². The van der Waals surface area contributed by atoms with E-state index in [1.165, 1.54) is 0 Å². The fourth-order valence-corrected chi connectivity index (χ4v) is 2.20. The van der Waals surface area contributed by atoms with Crippen LogP contribution >= 0.6 is 11.3 Å². The summed E-state index contributed by atoms with van der Waals surface area (Å²) in [6, 6.07) is 3.88. The number of thiophene rings is 1. The normalized spacial score (nSPS) is 12.1. The fourth-order valence-electron chi connectivity index (χ4n) is 1.44. The van der Waals surface area contributed by atoms with Gasteiger partial charge in [-0.25, -0.2) is 0 Å². The first-order chi connectivity index (χ1) is 7.50. The van der Waals surface area contributed by atoms with Crippen LogP contribution in [0.5, 0.6) is 0 Å². The number of hydrogen-bond acceptors (Lipinski definition) is 3. The second-order valence-electron chi connectivity index (χ2n) is 3.77. The molecule has 0 saturated heterocycles. The molecular weight excluding hydrogens is 226 g/mol. The first kappa shape index (κ1) is 12.7. The van der Waals surface area contributed by atoms with Crippen molar-refractivity contribution < 1.29 is 14.7 Å². The Hall–Kier alpha value is -1.36. The van der Waals surface area contributed by atoms with Gasteiger partial charge in [-0.1, -0.05) is 13.0 Å². The molecule has 1 N–H and O–H groups in total. The molecule has 0 bridgehead atoms. The molecule has 0 fully saturated rings. The Morgan fingerprint density at radius 3 is 2.75 bits per heavy atom. The van der Waals surface area contributed by atoms with Crippen LogP contribution < -0.4 is 0 Å². The highest BCUT2D eigenvalue weighted by Crippen LogP contribution is 2.13. The Morgan fingerprint density at radius 1 is 1.56 bits per heavy atom. The maximum absolute atomic E-state index is 11.8. The monoisotopic (exact) mass is 241 g/mol. The van der Waals surface area contributed by atoms with Crippen LogP contribution in [-0.4, -0.2) is 28.9 Å². The Labute approximate surface area is 98.5 Å². The molecule has 0 radical (unpaired) electrons. The van der Waals surface area contributed by atoms with Gasteiger partial charge in [-0.05, 0) is 11.4 Å². The van der Waals surface area contributed by atoms with Crippen LogP contribution in [0.2, 0.25) is 0 Å². The van der Waals surface area contributed by atoms with E-state index in [0.717, 1.165) is 4.88 Å². The number of nitrogens with zero attached hydrogens (tertiary/aromatic N) is 1. The molecule has 1 unspecified atom stereocenters. The van der Waals surface area contributed by atoms with Gasteiger partial charge in [-0.2, -0.15) is 0 Å². The van der Waals surface area contributed by atoms with E-state index in [9.17, 15) is 9.59 Å². The van der Waals surface area contributed by atoms with Crippen LogP contribution in [0, 0.1) is 5.92 Å². The number of carbonyl (C=O) groups is 2. The van der Waals surface area contributed by atoms with Crippen molar-refractivity contribution in [2.24, 2.45) is 5.92 Å². The fraction of sp³-hybridized carbons (Fsp3) is 0.455. The van der Waals surface area contributed by atoms with E-state index < -0.39 is 11.9 Å². The van der Waals surface area contributed by atoms with Crippen molar-refractivity contribution in [1.82, 2.24) is 4.90 Å². The van der Waals surface area contributed by atoms with Gasteiger partial charge in [0.1, 0.15) is 0 Å².